The Morgan fingerprint density at radius 2 is 1.92 bits per heavy atom. The summed E-state index contributed by atoms with van der Waals surface area (Å²) in [7, 11) is -2.41. The van der Waals surface area contributed by atoms with Crippen molar-refractivity contribution >= 4 is 44.6 Å². The van der Waals surface area contributed by atoms with Gasteiger partial charge in [-0.3, -0.25) is 9.10 Å². The summed E-state index contributed by atoms with van der Waals surface area (Å²) in [5.74, 6) is -1.12. The first-order valence-corrected chi connectivity index (χ1v) is 9.96. The number of sulfonamides is 1. The maximum absolute atomic E-state index is 12.4. The standard InChI is InChI=1S/C16H18N2O5S2/c1-11-6-4-5-7-13(11)18(25(3,21)22)10-14(19)17-12-8-9-24-15(12)16(20)23-2/h4-9H,10H2,1-3H3,(H,17,19). The maximum atomic E-state index is 12.4. The molecule has 2 rings (SSSR count). The molecule has 1 aromatic heterocycles. The second-order valence-electron chi connectivity index (χ2n) is 5.26. The number of thiophene rings is 1. The molecule has 0 atom stereocenters. The number of esters is 1. The van der Waals surface area contributed by atoms with Crippen LogP contribution in [0.4, 0.5) is 11.4 Å². The Balaban J connectivity index is 2.23. The van der Waals surface area contributed by atoms with Gasteiger partial charge < -0.3 is 10.1 Å². The van der Waals surface area contributed by atoms with E-state index in [1.54, 1.807) is 42.6 Å². The van der Waals surface area contributed by atoms with Crippen LogP contribution in [0.15, 0.2) is 35.7 Å². The number of nitrogens with one attached hydrogen (secondary N) is 1. The molecule has 0 fully saturated rings. The minimum atomic E-state index is -3.66. The summed E-state index contributed by atoms with van der Waals surface area (Å²) in [5, 5.41) is 4.20. The first-order chi connectivity index (χ1) is 11.7. The Kier molecular flexibility index (Phi) is 5.81. The second kappa shape index (κ2) is 7.66. The van der Waals surface area contributed by atoms with Crippen LogP contribution in [0.1, 0.15) is 15.2 Å². The number of anilines is 2. The minimum Gasteiger partial charge on any atom is -0.465 e. The highest BCUT2D eigenvalue weighted by Gasteiger charge is 2.23. The molecule has 0 saturated carbocycles. The molecule has 2 aromatic rings. The van der Waals surface area contributed by atoms with E-state index in [1.165, 1.54) is 7.11 Å². The first-order valence-electron chi connectivity index (χ1n) is 7.23. The molecule has 0 bridgehead atoms. The maximum Gasteiger partial charge on any atom is 0.350 e. The van der Waals surface area contributed by atoms with E-state index in [0.29, 0.717) is 11.4 Å². The van der Waals surface area contributed by atoms with Gasteiger partial charge in [0.05, 0.1) is 24.7 Å². The molecule has 25 heavy (non-hydrogen) atoms. The topological polar surface area (TPSA) is 92.8 Å². The van der Waals surface area contributed by atoms with Crippen molar-refractivity contribution in [1.82, 2.24) is 0 Å². The van der Waals surface area contributed by atoms with Crippen molar-refractivity contribution in [3.05, 3.63) is 46.2 Å². The first kappa shape index (κ1) is 18.9. The van der Waals surface area contributed by atoms with Crippen LogP contribution in [0.5, 0.6) is 0 Å². The fourth-order valence-electron chi connectivity index (χ4n) is 2.20. The average molecular weight is 382 g/mol. The Labute approximate surface area is 150 Å². The van der Waals surface area contributed by atoms with Crippen LogP contribution in [0, 0.1) is 6.92 Å². The summed E-state index contributed by atoms with van der Waals surface area (Å²) >= 11 is 1.13. The number of aryl methyl sites for hydroxylation is 1. The Morgan fingerprint density at radius 3 is 2.52 bits per heavy atom. The van der Waals surface area contributed by atoms with E-state index >= 15 is 0 Å². The van der Waals surface area contributed by atoms with E-state index in [2.05, 4.69) is 10.1 Å². The number of carbonyl (C=O) groups excluding carboxylic acids is 2. The summed E-state index contributed by atoms with van der Waals surface area (Å²) in [5.41, 5.74) is 1.45. The van der Waals surface area contributed by atoms with Crippen LogP contribution in [0.25, 0.3) is 0 Å². The third-order valence-corrected chi connectivity index (χ3v) is 5.40. The van der Waals surface area contributed by atoms with Gasteiger partial charge in [0.2, 0.25) is 15.9 Å². The number of rotatable bonds is 6. The van der Waals surface area contributed by atoms with Gasteiger partial charge in [0.15, 0.2) is 0 Å². The summed E-state index contributed by atoms with van der Waals surface area (Å²) < 4.78 is 29.9. The third kappa shape index (κ3) is 4.58. The van der Waals surface area contributed by atoms with Crippen LogP contribution < -0.4 is 9.62 Å². The molecule has 0 spiro atoms. The molecular formula is C16H18N2O5S2. The van der Waals surface area contributed by atoms with E-state index in [0.717, 1.165) is 27.5 Å². The van der Waals surface area contributed by atoms with Gasteiger partial charge in [-0.15, -0.1) is 11.3 Å². The molecule has 7 nitrogen and oxygen atoms in total. The van der Waals surface area contributed by atoms with Crippen LogP contribution in [-0.4, -0.2) is 40.2 Å². The molecule has 1 heterocycles. The van der Waals surface area contributed by atoms with E-state index in [-0.39, 0.29) is 4.88 Å². The molecule has 0 aliphatic carbocycles. The number of hydrogen-bond donors (Lipinski definition) is 1. The molecule has 1 amide bonds. The van der Waals surface area contributed by atoms with Crippen molar-refractivity contribution in [3.63, 3.8) is 0 Å². The SMILES string of the molecule is COC(=O)c1sccc1NC(=O)CN(c1ccccc1C)S(C)(=O)=O. The summed E-state index contributed by atoms with van der Waals surface area (Å²) in [6, 6.07) is 8.45. The predicted octanol–water partition coefficient (Wildman–Crippen LogP) is 2.25. The molecule has 9 heteroatoms. The molecule has 1 aromatic carbocycles. The van der Waals surface area contributed by atoms with Gasteiger partial charge in [0.1, 0.15) is 11.4 Å². The van der Waals surface area contributed by atoms with Crippen molar-refractivity contribution in [2.24, 2.45) is 0 Å². The van der Waals surface area contributed by atoms with Crippen molar-refractivity contribution in [2.75, 3.05) is 29.5 Å². The largest absolute Gasteiger partial charge is 0.465 e. The van der Waals surface area contributed by atoms with Gasteiger partial charge in [-0.2, -0.15) is 0 Å². The molecule has 0 aliphatic heterocycles. The Hall–Kier alpha value is -2.39. The minimum absolute atomic E-state index is 0.248. The highest BCUT2D eigenvalue weighted by atomic mass is 32.2. The lowest BCUT2D eigenvalue weighted by Crippen LogP contribution is -2.38. The molecule has 134 valence electrons. The zero-order valence-corrected chi connectivity index (χ0v) is 15.6. The lowest BCUT2D eigenvalue weighted by atomic mass is 10.2. The average Bonchev–Trinajstić information content (AvgIpc) is 2.99. The smallest absolute Gasteiger partial charge is 0.350 e. The number of hydrogen-bond acceptors (Lipinski definition) is 6. The lowest BCUT2D eigenvalue weighted by molar-refractivity contribution is -0.114. The normalized spacial score (nSPS) is 11.0. The lowest BCUT2D eigenvalue weighted by Gasteiger charge is -2.23. The van der Waals surface area contributed by atoms with Crippen molar-refractivity contribution in [3.8, 4) is 0 Å². The van der Waals surface area contributed by atoms with Crippen LogP contribution >= 0.6 is 11.3 Å². The number of amides is 1. The number of methoxy groups -OCH3 is 1. The molecular weight excluding hydrogens is 364 g/mol. The highest BCUT2D eigenvalue weighted by Crippen LogP contribution is 2.24. The van der Waals surface area contributed by atoms with Gasteiger partial charge in [0, 0.05) is 0 Å². The van der Waals surface area contributed by atoms with Crippen molar-refractivity contribution in [1.29, 1.82) is 0 Å². The molecule has 0 radical (unpaired) electrons. The Morgan fingerprint density at radius 1 is 1.24 bits per heavy atom. The zero-order chi connectivity index (χ0) is 18.6. The fourth-order valence-corrected chi connectivity index (χ4v) is 3.88. The van der Waals surface area contributed by atoms with Gasteiger partial charge in [-0.1, -0.05) is 18.2 Å². The van der Waals surface area contributed by atoms with Gasteiger partial charge in [-0.25, -0.2) is 13.2 Å². The highest BCUT2D eigenvalue weighted by molar-refractivity contribution is 7.92. The van der Waals surface area contributed by atoms with E-state index in [4.69, 9.17) is 0 Å². The van der Waals surface area contributed by atoms with Crippen molar-refractivity contribution in [2.45, 2.75) is 6.92 Å². The van der Waals surface area contributed by atoms with Gasteiger partial charge in [-0.05, 0) is 30.0 Å². The monoisotopic (exact) mass is 382 g/mol. The second-order valence-corrected chi connectivity index (χ2v) is 8.08. The number of nitrogens with zero attached hydrogens (tertiary/aromatic N) is 1. The quantitative estimate of drug-likeness (QED) is 0.774. The molecule has 0 unspecified atom stereocenters. The van der Waals surface area contributed by atoms with Gasteiger partial charge >= 0.3 is 5.97 Å². The summed E-state index contributed by atoms with van der Waals surface area (Å²) in [6.45, 7) is 1.36. The van der Waals surface area contributed by atoms with E-state index in [9.17, 15) is 18.0 Å². The summed E-state index contributed by atoms with van der Waals surface area (Å²) in [4.78, 5) is 24.3. The van der Waals surface area contributed by atoms with E-state index in [1.807, 2.05) is 0 Å². The number of carbonyl (C=O) groups is 2. The number of para-hydroxylation sites is 1. The van der Waals surface area contributed by atoms with E-state index < -0.39 is 28.4 Å². The predicted molar refractivity (Wildman–Crippen MR) is 97.7 cm³/mol. The zero-order valence-electron chi connectivity index (χ0n) is 14.0. The fraction of sp³-hybridized carbons (Fsp3) is 0.250. The number of ether oxygens (including phenoxy) is 1. The van der Waals surface area contributed by atoms with Crippen molar-refractivity contribution < 1.29 is 22.7 Å². The van der Waals surface area contributed by atoms with Crippen LogP contribution in [-0.2, 0) is 19.6 Å². The molecule has 0 saturated heterocycles. The molecule has 0 aliphatic rings. The van der Waals surface area contributed by atoms with Gasteiger partial charge in [0.25, 0.3) is 0 Å². The van der Waals surface area contributed by atoms with Crippen LogP contribution in [0.2, 0.25) is 0 Å². The summed E-state index contributed by atoms with van der Waals surface area (Å²) in [6.07, 6.45) is 1.04. The Bertz CT molecular complexity index is 889. The molecule has 1 N–H and O–H groups in total. The van der Waals surface area contributed by atoms with Crippen LogP contribution in [0.3, 0.4) is 0 Å². The third-order valence-electron chi connectivity index (χ3n) is 3.38. The number of benzene rings is 1.